The van der Waals surface area contributed by atoms with Crippen molar-refractivity contribution in [2.75, 3.05) is 30.9 Å². The minimum Gasteiger partial charge on any atom is -0.480 e. The lowest BCUT2D eigenvalue weighted by Gasteiger charge is -2.22. The summed E-state index contributed by atoms with van der Waals surface area (Å²) in [5, 5.41) is 14.4. The van der Waals surface area contributed by atoms with E-state index >= 15 is 0 Å². The first-order valence-corrected chi connectivity index (χ1v) is 8.76. The second kappa shape index (κ2) is 9.78. The normalized spacial score (nSPS) is 19.4. The van der Waals surface area contributed by atoms with Crippen LogP contribution in [-0.4, -0.2) is 65.3 Å². The fourth-order valence-corrected chi connectivity index (χ4v) is 4.30. The van der Waals surface area contributed by atoms with Crippen molar-refractivity contribution < 1.29 is 24.2 Å². The van der Waals surface area contributed by atoms with Gasteiger partial charge in [0, 0.05) is 35.5 Å². The van der Waals surface area contributed by atoms with Gasteiger partial charge in [0.05, 0.1) is 7.11 Å². The zero-order valence-electron chi connectivity index (χ0n) is 11.8. The maximum Gasteiger partial charge on any atom is 0.326 e. The van der Waals surface area contributed by atoms with Crippen LogP contribution < -0.4 is 10.6 Å². The molecule has 0 radical (unpaired) electrons. The van der Waals surface area contributed by atoms with Gasteiger partial charge in [0.25, 0.3) is 0 Å². The molecule has 9 heteroatoms. The van der Waals surface area contributed by atoms with E-state index < -0.39 is 24.0 Å². The summed E-state index contributed by atoms with van der Waals surface area (Å²) < 4.78 is 4.45. The Hall–Kier alpha value is -1.09. The lowest BCUT2D eigenvalue weighted by Crippen LogP contribution is -2.48. The summed E-state index contributed by atoms with van der Waals surface area (Å²) in [7, 11) is 1.23. The van der Waals surface area contributed by atoms with Crippen LogP contribution in [0.3, 0.4) is 0 Å². The first-order chi connectivity index (χ1) is 10.0. The molecule has 1 heterocycles. The average molecular weight is 336 g/mol. The van der Waals surface area contributed by atoms with E-state index in [0.29, 0.717) is 11.8 Å². The predicted molar refractivity (Wildman–Crippen MR) is 82.8 cm³/mol. The van der Waals surface area contributed by atoms with Crippen LogP contribution in [0.25, 0.3) is 0 Å². The molecule has 1 saturated heterocycles. The molecule has 2 atom stereocenters. The molecule has 3 N–H and O–H groups in total. The topological polar surface area (TPSA) is 105 Å². The molecule has 0 aliphatic carbocycles. The number of rotatable bonds is 7. The highest BCUT2D eigenvalue weighted by atomic mass is 32.2. The summed E-state index contributed by atoms with van der Waals surface area (Å²) in [5.41, 5.74) is 0. The molecule has 0 aromatic carbocycles. The van der Waals surface area contributed by atoms with E-state index in [9.17, 15) is 14.4 Å². The van der Waals surface area contributed by atoms with E-state index in [2.05, 4.69) is 15.4 Å². The first-order valence-electron chi connectivity index (χ1n) is 6.56. The monoisotopic (exact) mass is 336 g/mol. The minimum absolute atomic E-state index is 0.00343. The van der Waals surface area contributed by atoms with Crippen molar-refractivity contribution in [3.05, 3.63) is 0 Å². The van der Waals surface area contributed by atoms with Crippen molar-refractivity contribution >= 4 is 41.5 Å². The fraction of sp³-hybridized carbons (Fsp3) is 0.750. The zero-order chi connectivity index (χ0) is 15.7. The second-order valence-electron chi connectivity index (χ2n) is 4.43. The minimum atomic E-state index is -1.17. The standard InChI is InChI=1S/C12H20N2O5S2/c1-19-10(15)3-2-9(11(16)17)14-12(18)13-6-8-7-20-4-5-21-8/h8-9H,2-7H2,1H3,(H,16,17)(H2,13,14,18)/t8?,9-/m0/s1. The number of amides is 2. The third kappa shape index (κ3) is 7.47. The second-order valence-corrected chi connectivity index (χ2v) is 6.99. The van der Waals surface area contributed by atoms with Crippen molar-refractivity contribution in [1.29, 1.82) is 0 Å². The van der Waals surface area contributed by atoms with Gasteiger partial charge in [0.2, 0.25) is 0 Å². The molecule has 0 aromatic rings. The molecule has 120 valence electrons. The molecular weight excluding hydrogens is 316 g/mol. The average Bonchev–Trinajstić information content (AvgIpc) is 2.49. The Balaban J connectivity index is 2.30. The van der Waals surface area contributed by atoms with E-state index in [1.165, 1.54) is 7.11 Å². The molecule has 0 saturated carbocycles. The summed E-state index contributed by atoms with van der Waals surface area (Å²) in [6, 6.07) is -1.62. The number of carboxylic acids is 1. The van der Waals surface area contributed by atoms with Gasteiger partial charge in [-0.05, 0) is 6.42 Å². The molecule has 1 fully saturated rings. The Labute approximate surface area is 131 Å². The number of carbonyl (C=O) groups excluding carboxylic acids is 2. The highest BCUT2D eigenvalue weighted by Gasteiger charge is 2.22. The van der Waals surface area contributed by atoms with Crippen molar-refractivity contribution in [2.24, 2.45) is 0 Å². The predicted octanol–water partition coefficient (Wildman–Crippen LogP) is 0.541. The molecule has 0 spiro atoms. The number of nitrogens with one attached hydrogen (secondary N) is 2. The number of thioether (sulfide) groups is 2. The number of ether oxygens (including phenoxy) is 1. The number of aliphatic carboxylic acids is 1. The molecule has 1 unspecified atom stereocenters. The van der Waals surface area contributed by atoms with Crippen LogP contribution in [0, 0.1) is 0 Å². The lowest BCUT2D eigenvalue weighted by molar-refractivity contribution is -0.142. The van der Waals surface area contributed by atoms with E-state index in [1.54, 1.807) is 11.8 Å². The molecule has 1 rings (SSSR count). The van der Waals surface area contributed by atoms with Gasteiger partial charge in [-0.2, -0.15) is 23.5 Å². The quantitative estimate of drug-likeness (QED) is 0.583. The Bertz CT molecular complexity index is 375. The Morgan fingerprint density at radius 1 is 1.38 bits per heavy atom. The molecule has 7 nitrogen and oxygen atoms in total. The highest BCUT2D eigenvalue weighted by Crippen LogP contribution is 2.23. The van der Waals surface area contributed by atoms with Gasteiger partial charge in [-0.3, -0.25) is 4.79 Å². The maximum absolute atomic E-state index is 11.7. The number of hydrogen-bond donors (Lipinski definition) is 3. The van der Waals surface area contributed by atoms with E-state index in [-0.39, 0.29) is 12.8 Å². The van der Waals surface area contributed by atoms with Gasteiger partial charge in [0.15, 0.2) is 0 Å². The van der Waals surface area contributed by atoms with Crippen LogP contribution in [0.4, 0.5) is 4.79 Å². The molecule has 1 aliphatic heterocycles. The number of urea groups is 1. The van der Waals surface area contributed by atoms with Crippen molar-refractivity contribution in [2.45, 2.75) is 24.1 Å². The third-order valence-electron chi connectivity index (χ3n) is 2.84. The van der Waals surface area contributed by atoms with Crippen molar-refractivity contribution in [3.8, 4) is 0 Å². The van der Waals surface area contributed by atoms with Gasteiger partial charge >= 0.3 is 18.0 Å². The van der Waals surface area contributed by atoms with E-state index in [0.717, 1.165) is 17.3 Å². The maximum atomic E-state index is 11.7. The first kappa shape index (κ1) is 18.0. The van der Waals surface area contributed by atoms with Gasteiger partial charge < -0.3 is 20.5 Å². The Morgan fingerprint density at radius 2 is 2.14 bits per heavy atom. The summed E-state index contributed by atoms with van der Waals surface area (Å²) in [4.78, 5) is 33.7. The largest absolute Gasteiger partial charge is 0.480 e. The summed E-state index contributed by atoms with van der Waals surface area (Å²) >= 11 is 3.66. The number of carboxylic acid groups (broad SMARTS) is 1. The molecule has 21 heavy (non-hydrogen) atoms. The van der Waals surface area contributed by atoms with Crippen LogP contribution in [0.2, 0.25) is 0 Å². The smallest absolute Gasteiger partial charge is 0.326 e. The number of carbonyl (C=O) groups is 3. The number of methoxy groups -OCH3 is 1. The van der Waals surface area contributed by atoms with Crippen LogP contribution in [-0.2, 0) is 14.3 Å². The molecule has 0 bridgehead atoms. The number of hydrogen-bond acceptors (Lipinski definition) is 6. The lowest BCUT2D eigenvalue weighted by atomic mass is 10.1. The summed E-state index contributed by atoms with van der Waals surface area (Å²) in [6.45, 7) is 0.507. The fourth-order valence-electron chi connectivity index (χ4n) is 1.69. The molecule has 0 aromatic heterocycles. The van der Waals surface area contributed by atoms with Crippen LogP contribution in [0.1, 0.15) is 12.8 Å². The summed E-state index contributed by atoms with van der Waals surface area (Å²) in [5.74, 6) is 1.50. The highest BCUT2D eigenvalue weighted by molar-refractivity contribution is 8.06. The van der Waals surface area contributed by atoms with Crippen LogP contribution >= 0.6 is 23.5 Å². The van der Waals surface area contributed by atoms with E-state index in [4.69, 9.17) is 5.11 Å². The Morgan fingerprint density at radius 3 is 2.71 bits per heavy atom. The third-order valence-corrected chi connectivity index (χ3v) is 5.69. The SMILES string of the molecule is COC(=O)CC[C@H](NC(=O)NCC1CSCCS1)C(=O)O. The van der Waals surface area contributed by atoms with E-state index in [1.807, 2.05) is 11.8 Å². The number of esters is 1. The van der Waals surface area contributed by atoms with Crippen LogP contribution in [0.5, 0.6) is 0 Å². The van der Waals surface area contributed by atoms with Gasteiger partial charge in [-0.25, -0.2) is 9.59 Å². The molecule has 1 aliphatic rings. The Kier molecular flexibility index (Phi) is 8.36. The van der Waals surface area contributed by atoms with Crippen molar-refractivity contribution in [1.82, 2.24) is 10.6 Å². The van der Waals surface area contributed by atoms with Gasteiger partial charge in [-0.1, -0.05) is 0 Å². The van der Waals surface area contributed by atoms with Crippen molar-refractivity contribution in [3.63, 3.8) is 0 Å². The molecule has 2 amide bonds. The summed E-state index contributed by atoms with van der Waals surface area (Å²) in [6.07, 6.45) is -0.0493. The van der Waals surface area contributed by atoms with Gasteiger partial charge in [0.1, 0.15) is 6.04 Å². The molecular formula is C12H20N2O5S2. The van der Waals surface area contributed by atoms with Crippen LogP contribution in [0.15, 0.2) is 0 Å². The zero-order valence-corrected chi connectivity index (χ0v) is 13.4. The van der Waals surface area contributed by atoms with Gasteiger partial charge in [-0.15, -0.1) is 0 Å².